The van der Waals surface area contributed by atoms with E-state index in [0.29, 0.717) is 30.6 Å². The number of carbonyl (C=O) groups excluding carboxylic acids is 3. The summed E-state index contributed by atoms with van der Waals surface area (Å²) in [5.41, 5.74) is 4.44. The average molecular weight is 652 g/mol. The molecule has 4 saturated carbocycles. The number of hydrogen-bond acceptors (Lipinski definition) is 10. The van der Waals surface area contributed by atoms with Crippen molar-refractivity contribution in [2.75, 3.05) is 25.7 Å². The molecular weight excluding hydrogens is 607 g/mol. The van der Waals surface area contributed by atoms with Crippen LogP contribution in [-0.2, 0) is 33.4 Å². The van der Waals surface area contributed by atoms with Crippen LogP contribution in [0.4, 0.5) is 13.2 Å². The highest BCUT2D eigenvalue weighted by atomic mass is 32.2. The van der Waals surface area contributed by atoms with E-state index in [0.717, 1.165) is 12.8 Å². The number of ketones is 1. The quantitative estimate of drug-likeness (QED) is 0.260. The molecule has 4 aliphatic rings. The molecule has 14 heteroatoms. The highest BCUT2D eigenvalue weighted by Crippen LogP contribution is 2.72. The molecule has 0 aromatic heterocycles. The third kappa shape index (κ3) is 6.28. The molecule has 0 amide bonds. The molecule has 4 fully saturated rings. The lowest BCUT2D eigenvalue weighted by Crippen LogP contribution is -2.72. The van der Waals surface area contributed by atoms with Crippen LogP contribution in [0.1, 0.15) is 59.3 Å². The Balaban J connectivity index is 0.000000676. The lowest BCUT2D eigenvalue weighted by Gasteiger charge is -2.67. The number of aliphatic hydroxyl groups is 1. The van der Waals surface area contributed by atoms with Gasteiger partial charge in [0.2, 0.25) is 0 Å². The molecule has 0 heterocycles. The van der Waals surface area contributed by atoms with Crippen molar-refractivity contribution in [3.63, 3.8) is 0 Å². The summed E-state index contributed by atoms with van der Waals surface area (Å²) in [6.07, 6.45) is -1.61. The second-order valence-electron chi connectivity index (χ2n) is 13.1. The summed E-state index contributed by atoms with van der Waals surface area (Å²) in [5.74, 6) is -4.29. The molecule has 0 unspecified atom stereocenters. The Bertz CT molecular complexity index is 1150. The zero-order chi connectivity index (χ0) is 33.4. The zero-order valence-corrected chi connectivity index (χ0v) is 26.6. The smallest absolute Gasteiger partial charge is 0.475 e. The molecular formula is C30H44F3NO9S. The highest BCUT2D eigenvalue weighted by Gasteiger charge is 2.78. The van der Waals surface area contributed by atoms with Crippen LogP contribution < -0.4 is 5.73 Å². The van der Waals surface area contributed by atoms with Gasteiger partial charge in [0.25, 0.3) is 0 Å². The first-order chi connectivity index (χ1) is 20.3. The van der Waals surface area contributed by atoms with Crippen LogP contribution >= 0.6 is 11.8 Å². The number of carboxylic acids is 1. The van der Waals surface area contributed by atoms with Gasteiger partial charge in [-0.2, -0.15) is 24.9 Å². The number of aliphatic carboxylic acids is 1. The van der Waals surface area contributed by atoms with Crippen molar-refractivity contribution in [1.82, 2.24) is 0 Å². The normalized spacial score (nSPS) is 36.2. The van der Waals surface area contributed by atoms with Crippen molar-refractivity contribution in [3.8, 4) is 0 Å². The molecule has 9 atom stereocenters. The first kappa shape index (κ1) is 36.3. The molecule has 0 aliphatic heterocycles. The lowest BCUT2D eigenvalue weighted by atomic mass is 9.39. The van der Waals surface area contributed by atoms with Gasteiger partial charge in [-0.25, -0.2) is 4.79 Å². The van der Waals surface area contributed by atoms with Crippen molar-refractivity contribution in [2.24, 2.45) is 39.7 Å². The molecule has 10 nitrogen and oxygen atoms in total. The third-order valence-electron chi connectivity index (χ3n) is 10.3. The predicted molar refractivity (Wildman–Crippen MR) is 154 cm³/mol. The Labute approximate surface area is 259 Å². The fourth-order valence-electron chi connectivity index (χ4n) is 8.66. The van der Waals surface area contributed by atoms with Gasteiger partial charge in [-0.3, -0.25) is 14.4 Å². The number of hydrogen-bond donors (Lipinski definition) is 3. The van der Waals surface area contributed by atoms with Crippen LogP contribution in [0.5, 0.6) is 0 Å². The Morgan fingerprint density at radius 1 is 1.20 bits per heavy atom. The first-order valence-corrected chi connectivity index (χ1v) is 16.0. The van der Waals surface area contributed by atoms with Gasteiger partial charge in [-0.15, -0.1) is 0 Å². The largest absolute Gasteiger partial charge is 0.490 e. The number of carbonyl (C=O) groups is 4. The number of halogens is 3. The van der Waals surface area contributed by atoms with Crippen molar-refractivity contribution < 1.29 is 56.8 Å². The number of esters is 2. The van der Waals surface area contributed by atoms with Gasteiger partial charge in [0.15, 0.2) is 5.78 Å². The van der Waals surface area contributed by atoms with Gasteiger partial charge in [-0.05, 0) is 61.0 Å². The monoisotopic (exact) mass is 651 g/mol. The molecule has 0 radical (unpaired) electrons. The van der Waals surface area contributed by atoms with Crippen LogP contribution in [0.2, 0.25) is 0 Å². The minimum atomic E-state index is -5.08. The van der Waals surface area contributed by atoms with E-state index < -0.39 is 71.1 Å². The van der Waals surface area contributed by atoms with Gasteiger partial charge in [0, 0.05) is 31.3 Å². The summed E-state index contributed by atoms with van der Waals surface area (Å²) in [6, 6.07) is -0.808. The number of methoxy groups -OCH3 is 1. The Hall–Kier alpha value is -2.16. The summed E-state index contributed by atoms with van der Waals surface area (Å²) >= 11 is 1.60. The predicted octanol–water partition coefficient (Wildman–Crippen LogP) is 3.53. The van der Waals surface area contributed by atoms with Gasteiger partial charge in [0.05, 0.1) is 18.8 Å². The maximum Gasteiger partial charge on any atom is 0.490 e. The van der Waals surface area contributed by atoms with Crippen molar-refractivity contribution in [2.45, 2.75) is 89.8 Å². The van der Waals surface area contributed by atoms with Crippen molar-refractivity contribution in [1.29, 1.82) is 0 Å². The number of carboxylic acid groups (broad SMARTS) is 1. The zero-order valence-electron chi connectivity index (χ0n) is 25.8. The van der Waals surface area contributed by atoms with E-state index in [2.05, 4.69) is 20.4 Å². The number of aliphatic hydroxyl groups excluding tert-OH is 1. The van der Waals surface area contributed by atoms with E-state index in [1.54, 1.807) is 18.9 Å². The molecule has 4 aliphatic carbocycles. The number of Topliss-reactive ketones (excluding diaryl/α,β-unsaturated/α-hetero) is 1. The Morgan fingerprint density at radius 3 is 2.34 bits per heavy atom. The SMILES string of the molecule is C=C1C(=O)[C@]23[C@H](OC(=O)[C@@H](N)CCSC)[C@H]1C[C@H](O)[C@H]2[C@]1(COC(C)=O)CCCC(C)(C)[C@H]1C[C@H]3OC.O=C(O)C(F)(F)F. The minimum absolute atomic E-state index is 0.0294. The van der Waals surface area contributed by atoms with Gasteiger partial charge < -0.3 is 30.2 Å². The van der Waals surface area contributed by atoms with Crippen molar-refractivity contribution in [3.05, 3.63) is 12.2 Å². The Kier molecular flexibility index (Phi) is 11.0. The topological polar surface area (TPSA) is 162 Å². The molecule has 0 aromatic carbocycles. The van der Waals surface area contributed by atoms with Crippen LogP contribution in [0.15, 0.2) is 12.2 Å². The Morgan fingerprint density at radius 2 is 1.82 bits per heavy atom. The van der Waals surface area contributed by atoms with Crippen LogP contribution in [0, 0.1) is 34.0 Å². The molecule has 4 N–H and O–H groups in total. The molecule has 0 saturated heterocycles. The maximum atomic E-state index is 14.3. The molecule has 4 rings (SSSR count). The molecule has 250 valence electrons. The highest BCUT2D eigenvalue weighted by molar-refractivity contribution is 7.98. The third-order valence-corrected chi connectivity index (χ3v) is 11.0. The van der Waals surface area contributed by atoms with E-state index in [1.807, 2.05) is 6.26 Å². The number of fused-ring (bicyclic) bond motifs is 3. The maximum absolute atomic E-state index is 14.3. The second kappa shape index (κ2) is 13.3. The van der Waals surface area contributed by atoms with E-state index in [9.17, 15) is 32.7 Å². The summed E-state index contributed by atoms with van der Waals surface area (Å²) in [6.45, 7) is 10.0. The van der Waals surface area contributed by atoms with Crippen LogP contribution in [0.3, 0.4) is 0 Å². The summed E-state index contributed by atoms with van der Waals surface area (Å²) < 4.78 is 49.7. The van der Waals surface area contributed by atoms with E-state index in [4.69, 9.17) is 29.8 Å². The first-order valence-electron chi connectivity index (χ1n) is 14.7. The fraction of sp³-hybridized carbons (Fsp3) is 0.800. The van der Waals surface area contributed by atoms with Crippen LogP contribution in [-0.4, -0.2) is 90.2 Å². The number of thioether (sulfide) groups is 1. The van der Waals surface area contributed by atoms with E-state index in [-0.39, 0.29) is 30.1 Å². The minimum Gasteiger partial charge on any atom is -0.475 e. The fourth-order valence-corrected chi connectivity index (χ4v) is 9.15. The van der Waals surface area contributed by atoms with Crippen LogP contribution in [0.25, 0.3) is 0 Å². The van der Waals surface area contributed by atoms with Crippen molar-refractivity contribution >= 4 is 35.5 Å². The standard InChI is InChI=1S/C28H43NO7S.C2HF3O2/c1-15-17-12-19(31)22-27(14-35-16(2)30)10-7-9-26(3,4)20(27)13-21(34-5)28(22,23(15)32)24(17)36-25(33)18(29)8-11-37-6;3-2(4,5)1(6)7/h17-22,24,31H,1,7-14,29H2,2-6H3;(H,6,7)/t17-,18-,19-,20+,21+,22-,24+,27-,28+;/m0./s1. The van der Waals surface area contributed by atoms with Gasteiger partial charge >= 0.3 is 24.1 Å². The summed E-state index contributed by atoms with van der Waals surface area (Å²) in [4.78, 5) is 48.4. The number of ether oxygens (including phenoxy) is 3. The van der Waals surface area contributed by atoms with Gasteiger partial charge in [-0.1, -0.05) is 26.8 Å². The summed E-state index contributed by atoms with van der Waals surface area (Å²) in [5, 5.41) is 18.9. The molecule has 0 aromatic rings. The van der Waals surface area contributed by atoms with Gasteiger partial charge in [0.1, 0.15) is 17.6 Å². The van der Waals surface area contributed by atoms with E-state index in [1.165, 1.54) is 6.92 Å². The molecule has 44 heavy (non-hydrogen) atoms. The number of nitrogens with two attached hydrogens (primary N) is 1. The van der Waals surface area contributed by atoms with E-state index >= 15 is 0 Å². The lowest BCUT2D eigenvalue weighted by molar-refractivity contribution is -0.272. The summed E-state index contributed by atoms with van der Waals surface area (Å²) in [7, 11) is 1.58. The second-order valence-corrected chi connectivity index (χ2v) is 14.1. The number of alkyl halides is 3. The number of rotatable bonds is 8. The molecule has 1 spiro atoms. The molecule has 2 bridgehead atoms. The average Bonchev–Trinajstić information content (AvgIpc) is 3.05.